The molecule has 8 nitrogen and oxygen atoms in total. The smallest absolute Gasteiger partial charge is 0.283 e. The van der Waals surface area contributed by atoms with Crippen molar-refractivity contribution in [3.05, 3.63) is 16.1 Å². The van der Waals surface area contributed by atoms with Gasteiger partial charge in [0.2, 0.25) is 10.0 Å². The maximum absolute atomic E-state index is 13.1. The molecule has 1 amide bonds. The zero-order valence-electron chi connectivity index (χ0n) is 16.1. The number of rotatable bonds is 3. The predicted molar refractivity (Wildman–Crippen MR) is 105 cm³/mol. The Morgan fingerprint density at radius 2 is 1.89 bits per heavy atom. The minimum atomic E-state index is -3.39. The van der Waals surface area contributed by atoms with E-state index >= 15 is 0 Å². The number of aryl methyl sites for hydroxylation is 1. The third-order valence-corrected chi connectivity index (χ3v) is 8.95. The van der Waals surface area contributed by atoms with E-state index in [0.29, 0.717) is 24.7 Å². The summed E-state index contributed by atoms with van der Waals surface area (Å²) in [5.74, 6) is -1.25. The summed E-state index contributed by atoms with van der Waals surface area (Å²) in [6.07, 6.45) is 6.17. The first-order valence-corrected chi connectivity index (χ1v) is 12.2. The highest BCUT2D eigenvalue weighted by Crippen LogP contribution is 2.31. The van der Waals surface area contributed by atoms with E-state index in [1.54, 1.807) is 11.1 Å². The quantitative estimate of drug-likeness (QED) is 0.725. The van der Waals surface area contributed by atoms with Gasteiger partial charge in [0.15, 0.2) is 10.8 Å². The maximum Gasteiger partial charge on any atom is 0.283 e. The number of ether oxygens (including phenoxy) is 2. The van der Waals surface area contributed by atoms with Crippen molar-refractivity contribution in [2.75, 3.05) is 39.4 Å². The molecular weight excluding hydrogens is 402 g/mol. The molecule has 156 valence electrons. The van der Waals surface area contributed by atoms with Crippen molar-refractivity contribution < 1.29 is 22.7 Å². The molecule has 10 heteroatoms. The van der Waals surface area contributed by atoms with Gasteiger partial charge in [-0.3, -0.25) is 4.79 Å². The summed E-state index contributed by atoms with van der Waals surface area (Å²) < 4.78 is 39.6. The normalized spacial score (nSPS) is 28.0. The average Bonchev–Trinajstić information content (AvgIpc) is 3.14. The van der Waals surface area contributed by atoms with Crippen LogP contribution in [0.15, 0.2) is 6.20 Å². The molecule has 2 saturated heterocycles. The van der Waals surface area contributed by atoms with E-state index in [1.165, 1.54) is 15.6 Å². The van der Waals surface area contributed by atoms with Crippen LogP contribution < -0.4 is 0 Å². The molecule has 1 atom stereocenters. The molecule has 1 aromatic rings. The molecule has 1 spiro atoms. The monoisotopic (exact) mass is 429 g/mol. The predicted octanol–water partition coefficient (Wildman–Crippen LogP) is 1.61. The van der Waals surface area contributed by atoms with Gasteiger partial charge in [-0.15, -0.1) is 11.3 Å². The molecule has 0 bridgehead atoms. The van der Waals surface area contributed by atoms with Crippen LogP contribution in [-0.4, -0.2) is 78.9 Å². The van der Waals surface area contributed by atoms with Gasteiger partial charge in [-0.05, 0) is 19.8 Å². The molecule has 3 heterocycles. The third-order valence-electron chi connectivity index (χ3n) is 5.71. The van der Waals surface area contributed by atoms with Gasteiger partial charge < -0.3 is 14.4 Å². The lowest BCUT2D eigenvalue weighted by Crippen LogP contribution is -2.64. The first-order valence-electron chi connectivity index (χ1n) is 9.88. The lowest BCUT2D eigenvalue weighted by molar-refractivity contribution is -0.279. The van der Waals surface area contributed by atoms with Crippen LogP contribution in [0.3, 0.4) is 0 Å². The van der Waals surface area contributed by atoms with Crippen LogP contribution in [0.5, 0.6) is 0 Å². The number of aromatic nitrogens is 1. The average molecular weight is 430 g/mol. The highest BCUT2D eigenvalue weighted by molar-refractivity contribution is 7.89. The van der Waals surface area contributed by atoms with E-state index in [0.717, 1.165) is 37.0 Å². The first kappa shape index (κ1) is 20.2. The second-order valence-electron chi connectivity index (χ2n) is 7.75. The van der Waals surface area contributed by atoms with Crippen LogP contribution in [-0.2, 0) is 19.5 Å². The van der Waals surface area contributed by atoms with Crippen LogP contribution in [0, 0.1) is 6.92 Å². The number of hydrogen-bond donors (Lipinski definition) is 0. The summed E-state index contributed by atoms with van der Waals surface area (Å²) in [7, 11) is -3.39. The molecule has 3 fully saturated rings. The van der Waals surface area contributed by atoms with Crippen LogP contribution in [0.1, 0.15) is 46.8 Å². The summed E-state index contributed by atoms with van der Waals surface area (Å²) in [5.41, 5.74) is 0. The Morgan fingerprint density at radius 3 is 2.57 bits per heavy atom. The number of nitrogens with zero attached hydrogens (tertiary/aromatic N) is 3. The Bertz CT molecular complexity index is 817. The standard InChI is InChI=1S/C18H27N3O5S2/c1-14-11-19-16(27-14)17(22)20-7-9-25-18(12-20)13-21(8-10-26-18)28(23,24)15-5-3-2-4-6-15/h11,15H,2-10,12-13H2,1H3. The van der Waals surface area contributed by atoms with Crippen molar-refractivity contribution in [2.45, 2.75) is 50.1 Å². The van der Waals surface area contributed by atoms with Crippen molar-refractivity contribution in [3.63, 3.8) is 0 Å². The molecule has 0 N–H and O–H groups in total. The molecular formula is C18H27N3O5S2. The number of thiazole rings is 1. The Hall–Kier alpha value is -1.07. The SMILES string of the molecule is Cc1cnc(C(=O)N2CCOC3(C2)CN(S(=O)(=O)C2CCCCC2)CCO3)s1. The van der Waals surface area contributed by atoms with Crippen molar-refractivity contribution in [2.24, 2.45) is 0 Å². The van der Waals surface area contributed by atoms with Gasteiger partial charge in [-0.25, -0.2) is 13.4 Å². The number of amides is 1. The van der Waals surface area contributed by atoms with Gasteiger partial charge in [0, 0.05) is 24.2 Å². The van der Waals surface area contributed by atoms with E-state index in [-0.39, 0.29) is 30.9 Å². The van der Waals surface area contributed by atoms with Crippen molar-refractivity contribution in [1.29, 1.82) is 0 Å². The molecule has 2 aliphatic heterocycles. The fourth-order valence-corrected chi connectivity index (χ4v) is 7.01. The van der Waals surface area contributed by atoms with E-state index in [4.69, 9.17) is 9.47 Å². The largest absolute Gasteiger partial charge is 0.346 e. The molecule has 1 aromatic heterocycles. The third kappa shape index (κ3) is 3.97. The van der Waals surface area contributed by atoms with E-state index in [1.807, 2.05) is 6.92 Å². The maximum atomic E-state index is 13.1. The zero-order valence-corrected chi connectivity index (χ0v) is 17.8. The van der Waals surface area contributed by atoms with Gasteiger partial charge in [0.1, 0.15) is 0 Å². The number of morpholine rings is 2. The molecule has 28 heavy (non-hydrogen) atoms. The van der Waals surface area contributed by atoms with E-state index in [9.17, 15) is 13.2 Å². The topological polar surface area (TPSA) is 89.0 Å². The second kappa shape index (κ2) is 7.98. The lowest BCUT2D eigenvalue weighted by atomic mass is 10.0. The number of carbonyl (C=O) groups excluding carboxylic acids is 1. The van der Waals surface area contributed by atoms with Gasteiger partial charge in [0.25, 0.3) is 5.91 Å². The molecule has 0 aromatic carbocycles. The highest BCUT2D eigenvalue weighted by Gasteiger charge is 2.47. The Morgan fingerprint density at radius 1 is 1.18 bits per heavy atom. The fourth-order valence-electron chi connectivity index (χ4n) is 4.22. The molecule has 1 saturated carbocycles. The van der Waals surface area contributed by atoms with Crippen molar-refractivity contribution in [1.82, 2.24) is 14.2 Å². The van der Waals surface area contributed by atoms with Gasteiger partial charge >= 0.3 is 0 Å². The first-order chi connectivity index (χ1) is 13.4. The highest BCUT2D eigenvalue weighted by atomic mass is 32.2. The molecule has 3 aliphatic rings. The number of hydrogen-bond acceptors (Lipinski definition) is 7. The van der Waals surface area contributed by atoms with Crippen LogP contribution >= 0.6 is 11.3 Å². The van der Waals surface area contributed by atoms with Crippen LogP contribution in [0.4, 0.5) is 0 Å². The number of sulfonamides is 1. The molecule has 4 rings (SSSR count). The summed E-state index contributed by atoms with van der Waals surface area (Å²) >= 11 is 1.36. The van der Waals surface area contributed by atoms with Gasteiger partial charge in [-0.1, -0.05) is 19.3 Å². The van der Waals surface area contributed by atoms with Crippen molar-refractivity contribution in [3.8, 4) is 0 Å². The lowest BCUT2D eigenvalue weighted by Gasteiger charge is -2.47. The van der Waals surface area contributed by atoms with Gasteiger partial charge in [-0.2, -0.15) is 4.31 Å². The minimum Gasteiger partial charge on any atom is -0.346 e. The summed E-state index contributed by atoms with van der Waals surface area (Å²) in [6, 6.07) is 0. The van der Waals surface area contributed by atoms with Crippen LogP contribution in [0.2, 0.25) is 0 Å². The van der Waals surface area contributed by atoms with Crippen molar-refractivity contribution >= 4 is 27.3 Å². The van der Waals surface area contributed by atoms with Gasteiger partial charge in [0.05, 0.1) is 31.6 Å². The van der Waals surface area contributed by atoms with E-state index < -0.39 is 15.8 Å². The second-order valence-corrected chi connectivity index (χ2v) is 11.2. The Kier molecular flexibility index (Phi) is 5.76. The molecule has 0 radical (unpaired) electrons. The molecule has 1 aliphatic carbocycles. The van der Waals surface area contributed by atoms with Crippen LogP contribution in [0.25, 0.3) is 0 Å². The minimum absolute atomic E-state index is 0.131. The zero-order chi connectivity index (χ0) is 19.8. The number of carbonyl (C=O) groups is 1. The summed E-state index contributed by atoms with van der Waals surface area (Å²) in [4.78, 5) is 19.6. The Labute approximate surface area is 169 Å². The van der Waals surface area contributed by atoms with E-state index in [2.05, 4.69) is 4.98 Å². The summed E-state index contributed by atoms with van der Waals surface area (Å²) in [5, 5.41) is 0.132. The molecule has 1 unspecified atom stereocenters. The Balaban J connectivity index is 1.48. The summed E-state index contributed by atoms with van der Waals surface area (Å²) in [6.45, 7) is 3.61. The fraction of sp³-hybridized carbons (Fsp3) is 0.778.